The van der Waals surface area contributed by atoms with Gasteiger partial charge in [-0.1, -0.05) is 6.07 Å². The summed E-state index contributed by atoms with van der Waals surface area (Å²) in [5.41, 5.74) is 0.699. The maximum absolute atomic E-state index is 13.8. The van der Waals surface area contributed by atoms with Crippen molar-refractivity contribution in [2.24, 2.45) is 5.90 Å². The summed E-state index contributed by atoms with van der Waals surface area (Å²) in [5.74, 6) is 3.87. The fourth-order valence-electron chi connectivity index (χ4n) is 2.81. The number of hydrogen-bond acceptors (Lipinski definition) is 10. The van der Waals surface area contributed by atoms with Crippen molar-refractivity contribution < 1.29 is 26.5 Å². The molecule has 33 heavy (non-hydrogen) atoms. The van der Waals surface area contributed by atoms with Crippen LogP contribution < -0.4 is 20.0 Å². The highest BCUT2D eigenvalue weighted by Gasteiger charge is 2.30. The standard InChI is InChI=1S/C19H17FN5O5PS2/c1-25(2)17-6-4-12-7-18(32-19(12)15(17)10-22)33(27,28)24-11-31(26,30-23)29-14-5-3-13(9-21)16(20)8-14/h3-8,24H,11,23H2,1-2H3. The monoisotopic (exact) mass is 509 g/mol. The van der Waals surface area contributed by atoms with Crippen LogP contribution in [0.2, 0.25) is 0 Å². The first kappa shape index (κ1) is 24.6. The predicted octanol–water partition coefficient (Wildman–Crippen LogP) is 3.25. The van der Waals surface area contributed by atoms with Crippen molar-refractivity contribution in [1.82, 2.24) is 4.72 Å². The number of nitrogens with zero attached hydrogens (tertiary/aromatic N) is 3. The molecule has 10 nitrogen and oxygen atoms in total. The van der Waals surface area contributed by atoms with E-state index in [1.54, 1.807) is 37.2 Å². The number of rotatable bonds is 8. The molecule has 2 aromatic carbocycles. The molecule has 1 aromatic heterocycles. The first-order valence-electron chi connectivity index (χ1n) is 9.04. The minimum absolute atomic E-state index is 0.127. The Morgan fingerprint density at radius 1 is 1.21 bits per heavy atom. The lowest BCUT2D eigenvalue weighted by atomic mass is 10.1. The average molecular weight is 509 g/mol. The van der Waals surface area contributed by atoms with Crippen LogP contribution in [0, 0.1) is 28.5 Å². The number of thiophene rings is 1. The summed E-state index contributed by atoms with van der Waals surface area (Å²) >= 11 is 0.873. The molecule has 0 aliphatic heterocycles. The lowest BCUT2D eigenvalue weighted by Crippen LogP contribution is -2.26. The molecule has 0 aliphatic rings. The SMILES string of the molecule is CN(C)c1ccc2cc(S(=O)(=O)NCP(=O)(ON)Oc3ccc(C#N)c(F)c3)sc2c1C#N. The Hall–Kier alpha value is -3.03. The molecule has 3 aromatic rings. The van der Waals surface area contributed by atoms with Gasteiger partial charge in [-0.25, -0.2) is 27.9 Å². The quantitative estimate of drug-likeness (QED) is 0.343. The predicted molar refractivity (Wildman–Crippen MR) is 121 cm³/mol. The van der Waals surface area contributed by atoms with Crippen molar-refractivity contribution in [3.05, 3.63) is 53.3 Å². The minimum atomic E-state index is -4.27. The third kappa shape index (κ3) is 5.15. The molecule has 1 heterocycles. The summed E-state index contributed by atoms with van der Waals surface area (Å²) < 4.78 is 64.1. The molecule has 0 aliphatic carbocycles. The molecule has 0 spiro atoms. The molecule has 1 unspecified atom stereocenters. The molecule has 3 rings (SSSR count). The van der Waals surface area contributed by atoms with E-state index in [9.17, 15) is 22.6 Å². The summed E-state index contributed by atoms with van der Waals surface area (Å²) in [6, 6.07) is 11.6. The summed E-state index contributed by atoms with van der Waals surface area (Å²) in [6.45, 7) is 0. The average Bonchev–Trinajstić information content (AvgIpc) is 3.23. The highest BCUT2D eigenvalue weighted by molar-refractivity contribution is 7.92. The Bertz CT molecular complexity index is 1460. The Morgan fingerprint density at radius 3 is 2.52 bits per heavy atom. The molecule has 172 valence electrons. The normalized spacial score (nSPS) is 13.2. The largest absolute Gasteiger partial charge is 0.423 e. The van der Waals surface area contributed by atoms with Gasteiger partial charge in [0.05, 0.1) is 21.5 Å². The topological polar surface area (TPSA) is 159 Å². The maximum Gasteiger partial charge on any atom is 0.410 e. The van der Waals surface area contributed by atoms with Gasteiger partial charge < -0.3 is 9.42 Å². The van der Waals surface area contributed by atoms with Crippen LogP contribution in [-0.4, -0.2) is 28.8 Å². The van der Waals surface area contributed by atoms with E-state index in [4.69, 9.17) is 15.7 Å². The highest BCUT2D eigenvalue weighted by atomic mass is 32.2. The molecule has 0 fully saturated rings. The van der Waals surface area contributed by atoms with Crippen molar-refractivity contribution in [2.75, 3.05) is 25.3 Å². The first-order chi connectivity index (χ1) is 15.5. The number of nitrogens with two attached hydrogens (primary N) is 1. The molecule has 0 bridgehead atoms. The second kappa shape index (κ2) is 9.45. The number of fused-ring (bicyclic) bond motifs is 1. The van der Waals surface area contributed by atoms with E-state index in [-0.39, 0.29) is 15.5 Å². The van der Waals surface area contributed by atoms with Crippen LogP contribution in [0.25, 0.3) is 10.1 Å². The Morgan fingerprint density at radius 2 is 1.94 bits per heavy atom. The van der Waals surface area contributed by atoms with Crippen molar-refractivity contribution >= 4 is 44.7 Å². The van der Waals surface area contributed by atoms with Gasteiger partial charge in [0.25, 0.3) is 10.0 Å². The molecule has 0 saturated carbocycles. The first-order valence-corrected chi connectivity index (χ1v) is 13.1. The van der Waals surface area contributed by atoms with E-state index in [2.05, 4.69) is 15.4 Å². The van der Waals surface area contributed by atoms with Crippen molar-refractivity contribution in [1.29, 1.82) is 10.5 Å². The van der Waals surface area contributed by atoms with E-state index in [0.29, 0.717) is 21.3 Å². The molecular formula is C19H17FN5O5PS2. The lowest BCUT2D eigenvalue weighted by molar-refractivity contribution is 0.272. The molecule has 0 radical (unpaired) electrons. The van der Waals surface area contributed by atoms with Crippen LogP contribution in [0.15, 0.2) is 40.6 Å². The Labute approximate surface area is 193 Å². The second-order valence-corrected chi connectivity index (χ2v) is 11.8. The van der Waals surface area contributed by atoms with Gasteiger partial charge in [0, 0.05) is 20.2 Å². The number of hydrogen-bond donors (Lipinski definition) is 2. The summed E-state index contributed by atoms with van der Waals surface area (Å²) in [5, 5.41) is 18.9. The van der Waals surface area contributed by atoms with E-state index < -0.39 is 29.7 Å². The summed E-state index contributed by atoms with van der Waals surface area (Å²) in [7, 11) is -4.94. The molecular weight excluding hydrogens is 492 g/mol. The maximum atomic E-state index is 13.8. The van der Waals surface area contributed by atoms with Gasteiger partial charge in [0.15, 0.2) is 0 Å². The zero-order valence-corrected chi connectivity index (χ0v) is 19.8. The van der Waals surface area contributed by atoms with E-state index >= 15 is 0 Å². The molecule has 14 heteroatoms. The summed E-state index contributed by atoms with van der Waals surface area (Å²) in [6.07, 6.45) is -0.851. The van der Waals surface area contributed by atoms with Crippen LogP contribution in [0.3, 0.4) is 0 Å². The van der Waals surface area contributed by atoms with Crippen molar-refractivity contribution in [3.8, 4) is 17.9 Å². The number of nitrogens with one attached hydrogen (secondary N) is 1. The van der Waals surface area contributed by atoms with Gasteiger partial charge in [-0.2, -0.15) is 15.2 Å². The lowest BCUT2D eigenvalue weighted by Gasteiger charge is -2.17. The number of nitriles is 2. The zero-order chi connectivity index (χ0) is 24.4. The number of sulfonamides is 1. The number of anilines is 1. The number of halogens is 1. The zero-order valence-electron chi connectivity index (χ0n) is 17.3. The molecule has 1 atom stereocenters. The van der Waals surface area contributed by atoms with Gasteiger partial charge in [-0.15, -0.1) is 11.3 Å². The van der Waals surface area contributed by atoms with Crippen LogP contribution >= 0.6 is 18.9 Å². The Balaban J connectivity index is 1.86. The fourth-order valence-corrected chi connectivity index (χ4v) is 6.92. The third-order valence-corrected chi connectivity index (χ3v) is 9.03. The van der Waals surface area contributed by atoms with E-state index in [1.165, 1.54) is 12.1 Å². The molecule has 0 amide bonds. The van der Waals surface area contributed by atoms with E-state index in [1.807, 2.05) is 0 Å². The fraction of sp³-hybridized carbons (Fsp3) is 0.158. The van der Waals surface area contributed by atoms with Crippen molar-refractivity contribution in [2.45, 2.75) is 4.21 Å². The van der Waals surface area contributed by atoms with Gasteiger partial charge in [0.2, 0.25) is 0 Å². The van der Waals surface area contributed by atoms with Crippen LogP contribution in [-0.2, 0) is 19.2 Å². The summed E-state index contributed by atoms with van der Waals surface area (Å²) in [4.78, 5) is 1.74. The van der Waals surface area contributed by atoms with Crippen LogP contribution in [0.5, 0.6) is 5.75 Å². The van der Waals surface area contributed by atoms with E-state index in [0.717, 1.165) is 23.5 Å². The second-order valence-electron chi connectivity index (χ2n) is 6.82. The van der Waals surface area contributed by atoms with Gasteiger partial charge in [0.1, 0.15) is 34.2 Å². The molecule has 0 saturated heterocycles. The van der Waals surface area contributed by atoms with Gasteiger partial charge in [-0.3, -0.25) is 0 Å². The smallest absolute Gasteiger partial charge is 0.410 e. The minimum Gasteiger partial charge on any atom is -0.423 e. The van der Waals surface area contributed by atoms with Crippen molar-refractivity contribution in [3.63, 3.8) is 0 Å². The Kier molecular flexibility index (Phi) is 7.05. The number of benzene rings is 2. The third-order valence-electron chi connectivity index (χ3n) is 4.41. The van der Waals surface area contributed by atoms with Crippen LogP contribution in [0.1, 0.15) is 11.1 Å². The highest BCUT2D eigenvalue weighted by Crippen LogP contribution is 2.46. The van der Waals surface area contributed by atoms with Gasteiger partial charge >= 0.3 is 7.60 Å². The van der Waals surface area contributed by atoms with Gasteiger partial charge in [-0.05, 0) is 29.7 Å². The van der Waals surface area contributed by atoms with Crippen LogP contribution in [0.4, 0.5) is 10.1 Å². The molecule has 3 N–H and O–H groups in total.